The maximum Gasteiger partial charge on any atom is 0.242 e. The van der Waals surface area contributed by atoms with Crippen molar-refractivity contribution >= 4 is 39.3 Å². The van der Waals surface area contributed by atoms with Crippen molar-refractivity contribution < 1.29 is 14.3 Å². The van der Waals surface area contributed by atoms with Crippen LogP contribution in [0.15, 0.2) is 53.0 Å². The topological polar surface area (TPSA) is 58.6 Å². The quantitative estimate of drug-likeness (QED) is 0.402. The third-order valence-corrected chi connectivity index (χ3v) is 5.77. The van der Waals surface area contributed by atoms with Gasteiger partial charge < -0.3 is 15.0 Å². The molecule has 0 saturated carbocycles. The number of nitrogens with zero attached hydrogens (tertiary/aromatic N) is 1. The van der Waals surface area contributed by atoms with E-state index in [-0.39, 0.29) is 17.9 Å². The molecule has 0 saturated heterocycles. The lowest BCUT2D eigenvalue weighted by Gasteiger charge is -2.30. The molecular weight excluding hydrogens is 480 g/mol. The highest BCUT2D eigenvalue weighted by molar-refractivity contribution is 9.10. The van der Waals surface area contributed by atoms with Crippen molar-refractivity contribution in [3.8, 4) is 5.75 Å². The minimum Gasteiger partial charge on any atom is -0.494 e. The van der Waals surface area contributed by atoms with Gasteiger partial charge in [-0.15, -0.1) is 0 Å². The van der Waals surface area contributed by atoms with E-state index >= 15 is 0 Å². The molecule has 2 aromatic rings. The van der Waals surface area contributed by atoms with E-state index in [0.717, 1.165) is 16.5 Å². The van der Waals surface area contributed by atoms with Gasteiger partial charge in [0.1, 0.15) is 11.8 Å². The Morgan fingerprint density at radius 2 is 1.87 bits per heavy atom. The van der Waals surface area contributed by atoms with Gasteiger partial charge in [-0.2, -0.15) is 0 Å². The largest absolute Gasteiger partial charge is 0.494 e. The van der Waals surface area contributed by atoms with Crippen molar-refractivity contribution in [1.82, 2.24) is 10.2 Å². The van der Waals surface area contributed by atoms with Crippen LogP contribution in [0.4, 0.5) is 0 Å². The van der Waals surface area contributed by atoms with Crippen LogP contribution in [-0.4, -0.2) is 35.4 Å². The molecule has 0 fully saturated rings. The van der Waals surface area contributed by atoms with Crippen molar-refractivity contribution in [2.75, 3.05) is 6.61 Å². The number of carbonyl (C=O) groups excluding carboxylic acids is 2. The Labute approximate surface area is 198 Å². The Morgan fingerprint density at radius 1 is 1.16 bits per heavy atom. The second-order valence-electron chi connectivity index (χ2n) is 7.55. The fourth-order valence-electron chi connectivity index (χ4n) is 2.97. The molecule has 2 aromatic carbocycles. The van der Waals surface area contributed by atoms with Crippen LogP contribution in [0.1, 0.15) is 45.6 Å². The zero-order valence-corrected chi connectivity index (χ0v) is 20.6. The summed E-state index contributed by atoms with van der Waals surface area (Å²) < 4.78 is 6.62. The summed E-state index contributed by atoms with van der Waals surface area (Å²) in [6.45, 7) is 6.52. The Hall–Kier alpha value is -2.05. The first kappa shape index (κ1) is 25.2. The molecule has 168 valence electrons. The van der Waals surface area contributed by atoms with Crippen molar-refractivity contribution in [1.29, 1.82) is 0 Å². The van der Waals surface area contributed by atoms with Crippen LogP contribution in [-0.2, 0) is 16.1 Å². The Balaban J connectivity index is 2.00. The fraction of sp³-hybridized carbons (Fsp3) is 0.417. The highest BCUT2D eigenvalue weighted by Crippen LogP contribution is 2.18. The number of rotatable bonds is 11. The summed E-state index contributed by atoms with van der Waals surface area (Å²) >= 11 is 9.35. The number of nitrogens with one attached hydrogen (secondary N) is 1. The normalized spacial score (nSPS) is 12.7. The predicted molar refractivity (Wildman–Crippen MR) is 128 cm³/mol. The van der Waals surface area contributed by atoms with E-state index in [9.17, 15) is 9.59 Å². The number of carbonyl (C=O) groups is 2. The molecular formula is C24H30BrClN2O3. The maximum absolute atomic E-state index is 13.1. The lowest BCUT2D eigenvalue weighted by atomic mass is 10.1. The highest BCUT2D eigenvalue weighted by Gasteiger charge is 2.26. The Bertz CT molecular complexity index is 860. The third-order valence-electron chi connectivity index (χ3n) is 5.03. The van der Waals surface area contributed by atoms with Crippen LogP contribution < -0.4 is 10.1 Å². The van der Waals surface area contributed by atoms with Crippen LogP contribution in [0.2, 0.25) is 5.02 Å². The second kappa shape index (κ2) is 12.7. The summed E-state index contributed by atoms with van der Waals surface area (Å²) in [5.74, 6) is 0.491. The first-order chi connectivity index (χ1) is 14.8. The van der Waals surface area contributed by atoms with E-state index in [1.54, 1.807) is 36.1 Å². The lowest BCUT2D eigenvalue weighted by molar-refractivity contribution is -0.141. The zero-order valence-electron chi connectivity index (χ0n) is 18.2. The zero-order chi connectivity index (χ0) is 22.8. The molecule has 2 atom stereocenters. The molecule has 31 heavy (non-hydrogen) atoms. The van der Waals surface area contributed by atoms with Gasteiger partial charge in [-0.05, 0) is 68.7 Å². The van der Waals surface area contributed by atoms with Crippen LogP contribution in [0.5, 0.6) is 5.75 Å². The van der Waals surface area contributed by atoms with Gasteiger partial charge in [-0.1, -0.05) is 46.6 Å². The standard InChI is InChI=1S/C24H30BrClN2O3/c1-4-17(2)27-24(30)18(3)28(16-19-7-5-8-20(25)15-19)23(29)9-6-14-31-22-12-10-21(26)11-13-22/h5,7-8,10-13,15,17-18H,4,6,9,14,16H2,1-3H3,(H,27,30)/t17-,18+/m1/s1. The molecule has 0 aliphatic heterocycles. The van der Waals surface area contributed by atoms with Gasteiger partial charge in [-0.3, -0.25) is 9.59 Å². The fourth-order valence-corrected chi connectivity index (χ4v) is 3.54. The summed E-state index contributed by atoms with van der Waals surface area (Å²) in [6.07, 6.45) is 1.68. The average Bonchev–Trinajstić information content (AvgIpc) is 2.75. The van der Waals surface area contributed by atoms with Gasteiger partial charge in [0, 0.05) is 28.5 Å². The molecule has 0 aliphatic carbocycles. The number of halogens is 2. The van der Waals surface area contributed by atoms with E-state index in [1.807, 2.05) is 38.1 Å². The van der Waals surface area contributed by atoms with Crippen LogP contribution in [0.3, 0.4) is 0 Å². The van der Waals surface area contributed by atoms with Gasteiger partial charge >= 0.3 is 0 Å². The molecule has 0 aliphatic rings. The molecule has 0 heterocycles. The van der Waals surface area contributed by atoms with Gasteiger partial charge in [0.05, 0.1) is 6.61 Å². The molecule has 1 N–H and O–H groups in total. The van der Waals surface area contributed by atoms with E-state index in [2.05, 4.69) is 21.2 Å². The second-order valence-corrected chi connectivity index (χ2v) is 8.90. The van der Waals surface area contributed by atoms with Gasteiger partial charge in [0.2, 0.25) is 11.8 Å². The minimum atomic E-state index is -0.572. The van der Waals surface area contributed by atoms with Crippen molar-refractivity contribution in [2.24, 2.45) is 0 Å². The summed E-state index contributed by atoms with van der Waals surface area (Å²) in [7, 11) is 0. The number of hydrogen-bond acceptors (Lipinski definition) is 3. The van der Waals surface area contributed by atoms with Crippen molar-refractivity contribution in [2.45, 2.75) is 58.7 Å². The monoisotopic (exact) mass is 508 g/mol. The summed E-state index contributed by atoms with van der Waals surface area (Å²) in [5, 5.41) is 3.63. The van der Waals surface area contributed by atoms with Crippen LogP contribution in [0.25, 0.3) is 0 Å². The number of ether oxygens (including phenoxy) is 1. The van der Waals surface area contributed by atoms with Crippen molar-refractivity contribution in [3.63, 3.8) is 0 Å². The highest BCUT2D eigenvalue weighted by atomic mass is 79.9. The van der Waals surface area contributed by atoms with E-state index < -0.39 is 6.04 Å². The van der Waals surface area contributed by atoms with E-state index in [1.165, 1.54) is 0 Å². The third kappa shape index (κ3) is 8.54. The number of hydrogen-bond donors (Lipinski definition) is 1. The van der Waals surface area contributed by atoms with E-state index in [4.69, 9.17) is 16.3 Å². The Kier molecular flexibility index (Phi) is 10.3. The average molecular weight is 510 g/mol. The van der Waals surface area contributed by atoms with E-state index in [0.29, 0.717) is 36.8 Å². The molecule has 0 spiro atoms. The summed E-state index contributed by atoms with van der Waals surface area (Å²) in [5.41, 5.74) is 0.961. The molecule has 2 rings (SSSR count). The first-order valence-electron chi connectivity index (χ1n) is 10.5. The first-order valence-corrected chi connectivity index (χ1v) is 11.7. The summed E-state index contributed by atoms with van der Waals surface area (Å²) in [6, 6.07) is 14.4. The van der Waals surface area contributed by atoms with Gasteiger partial charge in [-0.25, -0.2) is 0 Å². The molecule has 0 bridgehead atoms. The van der Waals surface area contributed by atoms with Crippen LogP contribution >= 0.6 is 27.5 Å². The smallest absolute Gasteiger partial charge is 0.242 e. The number of amides is 2. The molecule has 0 radical (unpaired) electrons. The minimum absolute atomic E-state index is 0.0607. The predicted octanol–water partition coefficient (Wildman–Crippen LogP) is 5.59. The van der Waals surface area contributed by atoms with Gasteiger partial charge in [0.25, 0.3) is 0 Å². The molecule has 0 unspecified atom stereocenters. The number of benzene rings is 2. The Morgan fingerprint density at radius 3 is 2.52 bits per heavy atom. The summed E-state index contributed by atoms with van der Waals surface area (Å²) in [4.78, 5) is 27.4. The SMILES string of the molecule is CC[C@@H](C)NC(=O)[C@H](C)N(Cc1cccc(Br)c1)C(=O)CCCOc1ccc(Cl)cc1. The molecule has 2 amide bonds. The molecule has 5 nitrogen and oxygen atoms in total. The molecule has 7 heteroatoms. The molecule has 0 aromatic heterocycles. The van der Waals surface area contributed by atoms with Crippen LogP contribution in [0, 0.1) is 0 Å². The lowest BCUT2D eigenvalue weighted by Crippen LogP contribution is -2.49. The van der Waals surface area contributed by atoms with Crippen molar-refractivity contribution in [3.05, 3.63) is 63.6 Å². The van der Waals surface area contributed by atoms with Gasteiger partial charge in [0.15, 0.2) is 0 Å². The maximum atomic E-state index is 13.1.